The minimum absolute atomic E-state index is 0.0682. The number of ketones is 1. The van der Waals surface area contributed by atoms with Gasteiger partial charge in [0.2, 0.25) is 0 Å². The molecule has 0 aromatic carbocycles. The van der Waals surface area contributed by atoms with Crippen molar-refractivity contribution < 1.29 is 4.79 Å². The standard InChI is InChI=1S/C12H12BrClN2OS/c1-6-4-10(18-12(6)13)9(17)5-8-11(14)7(2)15-16(8)3/h4H,5H2,1-3H3. The first-order chi connectivity index (χ1) is 8.40. The fourth-order valence-electron chi connectivity index (χ4n) is 1.71. The van der Waals surface area contributed by atoms with Gasteiger partial charge in [0.25, 0.3) is 0 Å². The third kappa shape index (κ3) is 2.53. The van der Waals surface area contributed by atoms with Gasteiger partial charge >= 0.3 is 0 Å². The summed E-state index contributed by atoms with van der Waals surface area (Å²) >= 11 is 11.0. The van der Waals surface area contributed by atoms with E-state index in [4.69, 9.17) is 11.6 Å². The molecule has 0 aliphatic rings. The smallest absolute Gasteiger partial charge is 0.178 e. The second-order valence-corrected chi connectivity index (χ2v) is 6.89. The number of hydrogen-bond donors (Lipinski definition) is 0. The Morgan fingerprint density at radius 1 is 1.56 bits per heavy atom. The van der Waals surface area contributed by atoms with E-state index in [0.717, 1.165) is 25.6 Å². The van der Waals surface area contributed by atoms with Gasteiger partial charge in [0.15, 0.2) is 5.78 Å². The van der Waals surface area contributed by atoms with Crippen molar-refractivity contribution in [3.63, 3.8) is 0 Å². The average molecular weight is 348 g/mol. The molecule has 2 rings (SSSR count). The summed E-state index contributed by atoms with van der Waals surface area (Å²) in [7, 11) is 1.80. The molecule has 0 spiro atoms. The SMILES string of the molecule is Cc1cc(C(=O)Cc2c(Cl)c(C)nn2C)sc1Br. The average Bonchev–Trinajstić information content (AvgIpc) is 2.75. The molecule has 0 atom stereocenters. The number of aryl methyl sites for hydroxylation is 3. The fourth-order valence-corrected chi connectivity index (χ4v) is 3.41. The third-order valence-corrected chi connectivity index (χ3v) is 5.39. The molecule has 0 bridgehead atoms. The highest BCUT2D eigenvalue weighted by atomic mass is 79.9. The molecule has 0 N–H and O–H groups in total. The number of carbonyl (C=O) groups excluding carboxylic acids is 1. The van der Waals surface area contributed by atoms with Crippen LogP contribution in [0.2, 0.25) is 5.02 Å². The maximum absolute atomic E-state index is 12.2. The van der Waals surface area contributed by atoms with Crippen molar-refractivity contribution in [2.24, 2.45) is 7.05 Å². The molecule has 0 aliphatic heterocycles. The van der Waals surface area contributed by atoms with Crippen molar-refractivity contribution in [3.8, 4) is 0 Å². The van der Waals surface area contributed by atoms with Gasteiger partial charge in [-0.2, -0.15) is 5.10 Å². The summed E-state index contributed by atoms with van der Waals surface area (Å²) in [5, 5.41) is 4.79. The van der Waals surface area contributed by atoms with Crippen LogP contribution in [0.1, 0.15) is 26.6 Å². The lowest BCUT2D eigenvalue weighted by molar-refractivity contribution is 0.0994. The van der Waals surface area contributed by atoms with Gasteiger partial charge in [-0.3, -0.25) is 9.48 Å². The summed E-state index contributed by atoms with van der Waals surface area (Å²) in [6.07, 6.45) is 0.280. The zero-order valence-corrected chi connectivity index (χ0v) is 13.4. The number of Topliss-reactive ketones (excluding diaryl/α,β-unsaturated/α-hetero) is 1. The molecule has 96 valence electrons. The molecule has 0 fully saturated rings. The van der Waals surface area contributed by atoms with E-state index in [0.29, 0.717) is 5.02 Å². The summed E-state index contributed by atoms with van der Waals surface area (Å²) in [6, 6.07) is 1.90. The van der Waals surface area contributed by atoms with Gasteiger partial charge in [-0.15, -0.1) is 11.3 Å². The molecule has 18 heavy (non-hydrogen) atoms. The van der Waals surface area contributed by atoms with Crippen LogP contribution in [-0.2, 0) is 13.5 Å². The molecule has 6 heteroatoms. The Balaban J connectivity index is 2.26. The summed E-state index contributed by atoms with van der Waals surface area (Å²) in [6.45, 7) is 3.81. The lowest BCUT2D eigenvalue weighted by Crippen LogP contribution is -2.07. The predicted octanol–water partition coefficient (Wildman–Crippen LogP) is 3.94. The molecule has 0 radical (unpaired) electrons. The van der Waals surface area contributed by atoms with Gasteiger partial charge in [0.1, 0.15) is 0 Å². The van der Waals surface area contributed by atoms with E-state index in [1.54, 1.807) is 11.7 Å². The molecule has 0 unspecified atom stereocenters. The van der Waals surface area contributed by atoms with Crippen LogP contribution in [0.4, 0.5) is 0 Å². The topological polar surface area (TPSA) is 34.9 Å². The van der Waals surface area contributed by atoms with Crippen LogP contribution in [0.5, 0.6) is 0 Å². The Hall–Kier alpha value is -0.650. The Bertz CT molecular complexity index is 598. The molecular formula is C12H12BrClN2OS. The largest absolute Gasteiger partial charge is 0.293 e. The quantitative estimate of drug-likeness (QED) is 0.788. The van der Waals surface area contributed by atoms with E-state index in [1.807, 2.05) is 19.9 Å². The molecule has 2 heterocycles. The molecule has 3 nitrogen and oxygen atoms in total. The van der Waals surface area contributed by atoms with E-state index in [-0.39, 0.29) is 12.2 Å². The van der Waals surface area contributed by atoms with Crippen molar-refractivity contribution in [1.82, 2.24) is 9.78 Å². The van der Waals surface area contributed by atoms with Crippen LogP contribution in [0.25, 0.3) is 0 Å². The van der Waals surface area contributed by atoms with Crippen molar-refractivity contribution in [2.45, 2.75) is 20.3 Å². The minimum Gasteiger partial charge on any atom is -0.293 e. The highest BCUT2D eigenvalue weighted by Crippen LogP contribution is 2.29. The van der Waals surface area contributed by atoms with E-state index < -0.39 is 0 Å². The number of thiophene rings is 1. The van der Waals surface area contributed by atoms with Crippen LogP contribution >= 0.6 is 38.9 Å². The van der Waals surface area contributed by atoms with Gasteiger partial charge in [-0.05, 0) is 41.4 Å². The van der Waals surface area contributed by atoms with Gasteiger partial charge in [0.05, 0.1) is 31.5 Å². The zero-order chi connectivity index (χ0) is 13.4. The molecule has 2 aromatic rings. The van der Waals surface area contributed by atoms with Crippen molar-refractivity contribution in [3.05, 3.63) is 36.7 Å². The Kier molecular flexibility index (Phi) is 3.94. The van der Waals surface area contributed by atoms with Crippen LogP contribution < -0.4 is 0 Å². The van der Waals surface area contributed by atoms with Crippen LogP contribution in [0.3, 0.4) is 0 Å². The number of rotatable bonds is 3. The molecule has 0 amide bonds. The molecule has 0 saturated carbocycles. The number of halogens is 2. The first-order valence-electron chi connectivity index (χ1n) is 5.37. The van der Waals surface area contributed by atoms with E-state index in [1.165, 1.54) is 11.3 Å². The summed E-state index contributed by atoms with van der Waals surface area (Å²) < 4.78 is 2.67. The van der Waals surface area contributed by atoms with Crippen molar-refractivity contribution >= 4 is 44.7 Å². The second kappa shape index (κ2) is 5.15. The monoisotopic (exact) mass is 346 g/mol. The highest BCUT2D eigenvalue weighted by Gasteiger charge is 2.17. The van der Waals surface area contributed by atoms with Crippen molar-refractivity contribution in [1.29, 1.82) is 0 Å². The van der Waals surface area contributed by atoms with Gasteiger partial charge in [0, 0.05) is 7.05 Å². The predicted molar refractivity (Wildman–Crippen MR) is 77.7 cm³/mol. The fraction of sp³-hybridized carbons (Fsp3) is 0.333. The third-order valence-electron chi connectivity index (χ3n) is 2.72. The highest BCUT2D eigenvalue weighted by molar-refractivity contribution is 9.11. The van der Waals surface area contributed by atoms with Crippen LogP contribution in [0, 0.1) is 13.8 Å². The lowest BCUT2D eigenvalue weighted by atomic mass is 10.1. The van der Waals surface area contributed by atoms with Crippen molar-refractivity contribution in [2.75, 3.05) is 0 Å². The number of carbonyl (C=O) groups is 1. The maximum Gasteiger partial charge on any atom is 0.178 e. The number of nitrogens with zero attached hydrogens (tertiary/aromatic N) is 2. The number of aromatic nitrogens is 2. The van der Waals surface area contributed by atoms with E-state index >= 15 is 0 Å². The summed E-state index contributed by atoms with van der Waals surface area (Å²) in [4.78, 5) is 12.9. The first kappa shape index (κ1) is 13.8. The van der Waals surface area contributed by atoms with Gasteiger partial charge in [-0.1, -0.05) is 11.6 Å². The first-order valence-corrected chi connectivity index (χ1v) is 7.36. The summed E-state index contributed by atoms with van der Waals surface area (Å²) in [5.74, 6) is 0.0682. The Morgan fingerprint density at radius 2 is 2.22 bits per heavy atom. The maximum atomic E-state index is 12.2. The van der Waals surface area contributed by atoms with Crippen LogP contribution in [0.15, 0.2) is 9.85 Å². The van der Waals surface area contributed by atoms with E-state index in [2.05, 4.69) is 21.0 Å². The Labute approximate surface area is 123 Å². The zero-order valence-electron chi connectivity index (χ0n) is 10.3. The second-order valence-electron chi connectivity index (χ2n) is 4.14. The van der Waals surface area contributed by atoms with Crippen LogP contribution in [-0.4, -0.2) is 15.6 Å². The van der Waals surface area contributed by atoms with Gasteiger partial charge in [-0.25, -0.2) is 0 Å². The minimum atomic E-state index is 0.0682. The normalized spacial score (nSPS) is 10.9. The van der Waals surface area contributed by atoms with E-state index in [9.17, 15) is 4.79 Å². The molecule has 2 aromatic heterocycles. The van der Waals surface area contributed by atoms with Gasteiger partial charge < -0.3 is 0 Å². The number of hydrogen-bond acceptors (Lipinski definition) is 3. The lowest BCUT2D eigenvalue weighted by Gasteiger charge is -2.00. The summed E-state index contributed by atoms with van der Waals surface area (Å²) in [5.41, 5.74) is 2.60. The molecular weight excluding hydrogens is 336 g/mol. The molecule has 0 aliphatic carbocycles. The Morgan fingerprint density at radius 3 is 2.67 bits per heavy atom. The molecule has 0 saturated heterocycles.